The molecule has 0 radical (unpaired) electrons. The molecule has 0 aliphatic carbocycles. The molecule has 3 N–H and O–H groups in total. The van der Waals surface area contributed by atoms with Crippen LogP contribution in [0.5, 0.6) is 0 Å². The maximum Gasteiger partial charge on any atom is 0.254 e. The predicted octanol–water partition coefficient (Wildman–Crippen LogP) is 9.42. The molecule has 1 aliphatic heterocycles. The topological polar surface area (TPSA) is 129 Å². The Balaban J connectivity index is 0.912. The van der Waals surface area contributed by atoms with Gasteiger partial charge in [0.25, 0.3) is 5.91 Å². The van der Waals surface area contributed by atoms with Gasteiger partial charge in [-0.1, -0.05) is 93.0 Å². The number of ether oxygens (including phenoxy) is 1. The predicted molar refractivity (Wildman–Crippen MR) is 269 cm³/mol. The average molecular weight is 904 g/mol. The standard InChI is InChI=1S/C53H73N7O4S/c1-7-43-20-26-47(39-48(43)51(63)59(5)49(14-13-35-61)50(62)54-4)55-30-9-12-37-64-36-11-8-10-32-60-33-28-42(29-34-60)38-41-17-23-45(24-18-41)53(2,3)44-21-15-40(16-22-44)19-25-46-27-31-56-52(57-46)58-65-6/h7,15-18,20-24,26-27,31,35,39,42,49,55H,1,8-14,19,25,28-30,32-34,36-38H2,2-6H3,(H,54,62)(H,56,57,58). The van der Waals surface area contributed by atoms with Crippen LogP contribution >= 0.6 is 11.9 Å². The highest BCUT2D eigenvalue weighted by Gasteiger charge is 2.28. The monoisotopic (exact) mass is 904 g/mol. The largest absolute Gasteiger partial charge is 0.385 e. The molecule has 12 heteroatoms. The van der Waals surface area contributed by atoms with E-state index in [0.717, 1.165) is 81.9 Å². The van der Waals surface area contributed by atoms with Crippen LogP contribution in [0, 0.1) is 5.92 Å². The third-order valence-corrected chi connectivity index (χ3v) is 13.3. The first-order chi connectivity index (χ1) is 31.6. The van der Waals surface area contributed by atoms with E-state index in [4.69, 9.17) is 4.74 Å². The van der Waals surface area contributed by atoms with Crippen LogP contribution in [0.4, 0.5) is 11.6 Å². The van der Waals surface area contributed by atoms with Crippen LogP contribution < -0.4 is 15.4 Å². The molecule has 2 amide bonds. The first-order valence-corrected chi connectivity index (χ1v) is 24.8. The van der Waals surface area contributed by atoms with E-state index in [1.165, 1.54) is 91.5 Å². The number of aryl methyl sites for hydroxylation is 2. The Labute approximate surface area is 393 Å². The van der Waals surface area contributed by atoms with E-state index in [9.17, 15) is 14.4 Å². The molecule has 3 aromatic carbocycles. The van der Waals surface area contributed by atoms with Gasteiger partial charge >= 0.3 is 0 Å². The number of hydrogen-bond donors (Lipinski definition) is 3. The van der Waals surface area contributed by atoms with E-state index < -0.39 is 6.04 Å². The number of nitrogens with zero attached hydrogens (tertiary/aromatic N) is 4. The second kappa shape index (κ2) is 26.8. The number of likely N-dealkylation sites (tertiary alicyclic amines) is 1. The van der Waals surface area contributed by atoms with Crippen LogP contribution in [0.3, 0.4) is 0 Å². The maximum absolute atomic E-state index is 13.5. The number of piperidine rings is 1. The molecule has 1 atom stereocenters. The summed E-state index contributed by atoms with van der Waals surface area (Å²) in [6.07, 6.45) is 17.6. The lowest BCUT2D eigenvalue weighted by atomic mass is 9.77. The van der Waals surface area contributed by atoms with Crippen molar-refractivity contribution in [1.82, 2.24) is 25.1 Å². The Morgan fingerprint density at radius 2 is 1.63 bits per heavy atom. The lowest BCUT2D eigenvalue weighted by Gasteiger charge is -2.32. The molecule has 5 rings (SSSR count). The van der Waals surface area contributed by atoms with E-state index >= 15 is 0 Å². The summed E-state index contributed by atoms with van der Waals surface area (Å²) in [7, 11) is 3.12. The van der Waals surface area contributed by atoms with Crippen LogP contribution in [0.25, 0.3) is 6.08 Å². The van der Waals surface area contributed by atoms with E-state index in [1.807, 2.05) is 36.7 Å². The summed E-state index contributed by atoms with van der Waals surface area (Å²) in [5.74, 6) is 0.821. The first kappa shape index (κ1) is 51.0. The molecular weight excluding hydrogens is 831 g/mol. The molecule has 1 unspecified atom stereocenters. The molecule has 1 aromatic heterocycles. The Morgan fingerprint density at radius 3 is 2.29 bits per heavy atom. The van der Waals surface area contributed by atoms with Crippen molar-refractivity contribution in [1.29, 1.82) is 0 Å². The highest BCUT2D eigenvalue weighted by molar-refractivity contribution is 7.99. The van der Waals surface area contributed by atoms with Crippen molar-refractivity contribution < 1.29 is 19.1 Å². The number of anilines is 2. The van der Waals surface area contributed by atoms with Gasteiger partial charge in [-0.25, -0.2) is 9.97 Å². The highest BCUT2D eigenvalue weighted by atomic mass is 32.2. The van der Waals surface area contributed by atoms with Crippen molar-refractivity contribution in [3.8, 4) is 0 Å². The molecule has 0 saturated carbocycles. The molecule has 2 heterocycles. The van der Waals surface area contributed by atoms with Gasteiger partial charge in [-0.05, 0) is 142 Å². The van der Waals surface area contributed by atoms with Crippen molar-refractivity contribution in [2.24, 2.45) is 5.92 Å². The second-order valence-corrected chi connectivity index (χ2v) is 18.4. The number of aldehydes is 1. The van der Waals surface area contributed by atoms with E-state index in [1.54, 1.807) is 13.1 Å². The van der Waals surface area contributed by atoms with E-state index in [-0.39, 0.29) is 30.1 Å². The van der Waals surface area contributed by atoms with Crippen molar-refractivity contribution >= 4 is 47.8 Å². The van der Waals surface area contributed by atoms with Crippen molar-refractivity contribution in [2.45, 2.75) is 102 Å². The number of aromatic nitrogens is 2. The molecule has 4 aromatic rings. The van der Waals surface area contributed by atoms with Gasteiger partial charge in [0, 0.05) is 75.1 Å². The summed E-state index contributed by atoms with van der Waals surface area (Å²) in [6, 6.07) is 25.4. The lowest BCUT2D eigenvalue weighted by molar-refractivity contribution is -0.125. The van der Waals surface area contributed by atoms with Gasteiger partial charge in [0.2, 0.25) is 11.9 Å². The Kier molecular flexibility index (Phi) is 21.0. The van der Waals surface area contributed by atoms with Crippen molar-refractivity contribution in [3.63, 3.8) is 0 Å². The van der Waals surface area contributed by atoms with Gasteiger partial charge in [-0.2, -0.15) is 0 Å². The minimum atomic E-state index is -0.738. The molecule has 0 spiro atoms. The molecule has 1 aliphatic rings. The molecule has 350 valence electrons. The van der Waals surface area contributed by atoms with Crippen LogP contribution in [0.2, 0.25) is 0 Å². The van der Waals surface area contributed by atoms with Crippen LogP contribution in [0.15, 0.2) is 85.6 Å². The van der Waals surface area contributed by atoms with Gasteiger partial charge in [-0.15, -0.1) is 0 Å². The molecule has 1 saturated heterocycles. The molecule has 11 nitrogen and oxygen atoms in total. The Hall–Kier alpha value is -5.04. The molecule has 1 fully saturated rings. The summed E-state index contributed by atoms with van der Waals surface area (Å²) in [6.45, 7) is 14.4. The minimum absolute atomic E-state index is 0.0727. The van der Waals surface area contributed by atoms with Crippen molar-refractivity contribution in [2.75, 3.05) is 69.8 Å². The van der Waals surface area contributed by atoms with Gasteiger partial charge in [0.1, 0.15) is 12.3 Å². The highest BCUT2D eigenvalue weighted by Crippen LogP contribution is 2.33. The van der Waals surface area contributed by atoms with Crippen LogP contribution in [-0.4, -0.2) is 104 Å². The summed E-state index contributed by atoms with van der Waals surface area (Å²) in [5, 5.41) is 6.02. The number of nitrogens with one attached hydrogen (secondary N) is 3. The fourth-order valence-corrected chi connectivity index (χ4v) is 8.92. The minimum Gasteiger partial charge on any atom is -0.385 e. The van der Waals surface area contributed by atoms with Gasteiger partial charge in [0.15, 0.2) is 0 Å². The Morgan fingerprint density at radius 1 is 0.938 bits per heavy atom. The number of rotatable bonds is 28. The zero-order valence-corrected chi connectivity index (χ0v) is 40.4. The number of carbonyl (C=O) groups is 3. The zero-order valence-electron chi connectivity index (χ0n) is 39.6. The smallest absolute Gasteiger partial charge is 0.254 e. The summed E-state index contributed by atoms with van der Waals surface area (Å²) in [4.78, 5) is 49.8. The molecule has 0 bridgehead atoms. The fraction of sp³-hybridized carbons (Fsp3) is 0.491. The Bertz CT molecular complexity index is 2090. The van der Waals surface area contributed by atoms with Gasteiger partial charge < -0.3 is 30.0 Å². The maximum atomic E-state index is 13.5. The van der Waals surface area contributed by atoms with Crippen LogP contribution in [0.1, 0.15) is 116 Å². The molecular formula is C53H73N7O4S. The number of carbonyl (C=O) groups excluding carboxylic acids is 3. The number of unbranched alkanes of at least 4 members (excludes halogenated alkanes) is 3. The number of amides is 2. The normalized spacial score (nSPS) is 13.8. The second-order valence-electron chi connectivity index (χ2n) is 17.8. The van der Waals surface area contributed by atoms with Gasteiger partial charge in [-0.3, -0.25) is 14.3 Å². The van der Waals surface area contributed by atoms with Crippen molar-refractivity contribution in [3.05, 3.63) is 125 Å². The van der Waals surface area contributed by atoms with Crippen LogP contribution in [-0.2, 0) is 39.0 Å². The quantitative estimate of drug-likeness (QED) is 0.0288. The number of likely N-dealkylation sites (N-methyl/N-ethyl adjacent to an activating group) is 2. The SMILES string of the molecule is C=Cc1ccc(NCCCCOCCCCCN2CCC(Cc3ccc(C(C)(C)c4ccc(CCc5ccnc(NSC)n5)cc4)cc3)CC2)cc1C(=O)N(C)C(CCC=O)C(=O)NC. The lowest BCUT2D eigenvalue weighted by Crippen LogP contribution is -2.47. The summed E-state index contributed by atoms with van der Waals surface area (Å²) < 4.78 is 9.07. The summed E-state index contributed by atoms with van der Waals surface area (Å²) >= 11 is 1.50. The molecule has 65 heavy (non-hydrogen) atoms. The van der Waals surface area contributed by atoms with Gasteiger partial charge in [0.05, 0.1) is 0 Å². The average Bonchev–Trinajstić information content (AvgIpc) is 3.33. The summed E-state index contributed by atoms with van der Waals surface area (Å²) in [5.41, 5.74) is 8.40. The fourth-order valence-electron chi connectivity index (χ4n) is 8.64. The van der Waals surface area contributed by atoms with E-state index in [0.29, 0.717) is 17.1 Å². The first-order valence-electron chi connectivity index (χ1n) is 23.6. The van der Waals surface area contributed by atoms with E-state index in [2.05, 4.69) is 99.2 Å². The third-order valence-electron chi connectivity index (χ3n) is 12.9. The third kappa shape index (κ3) is 15.8. The number of benzene rings is 3. The zero-order chi connectivity index (χ0) is 46.4. The number of hydrogen-bond acceptors (Lipinski definition) is 10.